The first-order chi connectivity index (χ1) is 13.1. The number of hydrogen-bond acceptors (Lipinski definition) is 3. The van der Waals surface area contributed by atoms with Gasteiger partial charge in [0.15, 0.2) is 5.78 Å². The minimum absolute atomic E-state index is 0.0127. The normalized spacial score (nSPS) is 14.7. The molecule has 1 aliphatic rings. The van der Waals surface area contributed by atoms with E-state index in [0.29, 0.717) is 5.57 Å². The molecule has 2 N–H and O–H groups in total. The molecule has 0 radical (unpaired) electrons. The molecule has 0 unspecified atom stereocenters. The fourth-order valence-electron chi connectivity index (χ4n) is 3.78. The molecule has 5 rings (SSSR count). The predicted octanol–water partition coefficient (Wildman–Crippen LogP) is 4.52. The lowest BCUT2D eigenvalue weighted by Crippen LogP contribution is -2.19. The van der Waals surface area contributed by atoms with E-state index in [-0.39, 0.29) is 17.3 Å². The highest BCUT2D eigenvalue weighted by molar-refractivity contribution is 6.37. The first-order valence-corrected chi connectivity index (χ1v) is 8.73. The SMILES string of the molecule is NC1=CC(=O)C=C(c2cccc3cc4cc5ccccc5cc4cc23)C1=O. The average Bonchev–Trinajstić information content (AvgIpc) is 2.67. The molecule has 0 aliphatic heterocycles. The van der Waals surface area contributed by atoms with Crippen LogP contribution in [0.5, 0.6) is 0 Å². The maximum Gasteiger partial charge on any atom is 0.209 e. The molecule has 1 aliphatic carbocycles. The molecular weight excluding hydrogens is 334 g/mol. The zero-order chi connectivity index (χ0) is 18.5. The van der Waals surface area contributed by atoms with Crippen molar-refractivity contribution >= 4 is 49.5 Å². The van der Waals surface area contributed by atoms with Crippen LogP contribution in [0, 0.1) is 0 Å². The Bertz CT molecular complexity index is 1360. The molecule has 4 aromatic carbocycles. The molecule has 4 aromatic rings. The Morgan fingerprint density at radius 3 is 2.00 bits per heavy atom. The van der Waals surface area contributed by atoms with E-state index in [4.69, 9.17) is 5.73 Å². The molecule has 0 bridgehead atoms. The van der Waals surface area contributed by atoms with Gasteiger partial charge in [-0.1, -0.05) is 42.5 Å². The Morgan fingerprint density at radius 2 is 1.26 bits per heavy atom. The summed E-state index contributed by atoms with van der Waals surface area (Å²) in [5, 5.41) is 6.53. The second-order valence-electron chi connectivity index (χ2n) is 6.81. The Morgan fingerprint density at radius 1 is 0.630 bits per heavy atom. The topological polar surface area (TPSA) is 60.2 Å². The molecule has 3 nitrogen and oxygen atoms in total. The molecule has 0 saturated carbocycles. The van der Waals surface area contributed by atoms with E-state index < -0.39 is 0 Å². The molecule has 0 heterocycles. The number of nitrogens with two attached hydrogens (primary N) is 1. The van der Waals surface area contributed by atoms with Crippen LogP contribution in [0.3, 0.4) is 0 Å². The number of Topliss-reactive ketones (excluding diaryl/α,β-unsaturated/α-hetero) is 1. The zero-order valence-corrected chi connectivity index (χ0v) is 14.4. The van der Waals surface area contributed by atoms with E-state index in [1.54, 1.807) is 0 Å². The number of allylic oxidation sites excluding steroid dienone is 3. The van der Waals surface area contributed by atoms with Crippen molar-refractivity contribution in [2.45, 2.75) is 0 Å². The van der Waals surface area contributed by atoms with Crippen LogP contribution in [0.1, 0.15) is 5.56 Å². The minimum atomic E-state index is -0.305. The number of fused-ring (bicyclic) bond motifs is 3. The van der Waals surface area contributed by atoms with Crippen LogP contribution in [-0.2, 0) is 9.59 Å². The summed E-state index contributed by atoms with van der Waals surface area (Å²) < 4.78 is 0. The maximum atomic E-state index is 12.5. The van der Waals surface area contributed by atoms with Crippen molar-refractivity contribution in [1.29, 1.82) is 0 Å². The molecule has 27 heavy (non-hydrogen) atoms. The third-order valence-corrected chi connectivity index (χ3v) is 5.08. The number of hydrogen-bond donors (Lipinski definition) is 1. The lowest BCUT2D eigenvalue weighted by molar-refractivity contribution is -0.113. The summed E-state index contributed by atoms with van der Waals surface area (Å²) in [6.07, 6.45) is 2.55. The van der Waals surface area contributed by atoms with Crippen molar-refractivity contribution in [3.8, 4) is 0 Å². The van der Waals surface area contributed by atoms with Gasteiger partial charge in [-0.15, -0.1) is 0 Å². The largest absolute Gasteiger partial charge is 0.395 e. The van der Waals surface area contributed by atoms with Crippen LogP contribution in [0.25, 0.3) is 37.9 Å². The summed E-state index contributed by atoms with van der Waals surface area (Å²) in [6, 6.07) is 22.5. The van der Waals surface area contributed by atoms with E-state index in [1.807, 2.05) is 30.3 Å². The smallest absolute Gasteiger partial charge is 0.209 e. The van der Waals surface area contributed by atoms with E-state index in [0.717, 1.165) is 32.5 Å². The van der Waals surface area contributed by atoms with Crippen LogP contribution in [0.15, 0.2) is 84.6 Å². The van der Waals surface area contributed by atoms with Crippen molar-refractivity contribution in [2.75, 3.05) is 0 Å². The van der Waals surface area contributed by atoms with Gasteiger partial charge in [0, 0.05) is 11.6 Å². The van der Waals surface area contributed by atoms with Gasteiger partial charge in [0.05, 0.1) is 5.70 Å². The van der Waals surface area contributed by atoms with Gasteiger partial charge in [-0.3, -0.25) is 9.59 Å². The molecule has 0 saturated heterocycles. The maximum absolute atomic E-state index is 12.5. The van der Waals surface area contributed by atoms with Gasteiger partial charge >= 0.3 is 0 Å². The van der Waals surface area contributed by atoms with Crippen LogP contribution in [0.2, 0.25) is 0 Å². The van der Waals surface area contributed by atoms with Crippen molar-refractivity contribution in [1.82, 2.24) is 0 Å². The predicted molar refractivity (Wildman–Crippen MR) is 109 cm³/mol. The summed E-state index contributed by atoms with van der Waals surface area (Å²) >= 11 is 0. The second-order valence-corrected chi connectivity index (χ2v) is 6.81. The number of carbonyl (C=O) groups excluding carboxylic acids is 2. The molecule has 0 amide bonds. The van der Waals surface area contributed by atoms with Crippen LogP contribution in [-0.4, -0.2) is 11.6 Å². The lowest BCUT2D eigenvalue weighted by atomic mass is 9.89. The van der Waals surface area contributed by atoms with E-state index in [9.17, 15) is 9.59 Å². The lowest BCUT2D eigenvalue weighted by Gasteiger charge is -2.14. The van der Waals surface area contributed by atoms with Gasteiger partial charge in [0.1, 0.15) is 0 Å². The highest BCUT2D eigenvalue weighted by Crippen LogP contribution is 2.33. The first kappa shape index (κ1) is 15.5. The summed E-state index contributed by atoms with van der Waals surface area (Å²) in [7, 11) is 0. The second kappa shape index (κ2) is 5.64. The molecule has 128 valence electrons. The Kier molecular flexibility index (Phi) is 3.25. The standard InChI is InChI=1S/C24H15NO2/c25-23-13-19(26)12-22(24(23)27)20-7-3-6-16-10-17-8-14-4-1-2-5-15(14)9-18(17)11-21(16)20/h1-13H,25H2. The molecular formula is C24H15NO2. The highest BCUT2D eigenvalue weighted by Gasteiger charge is 2.22. The minimum Gasteiger partial charge on any atom is -0.395 e. The molecule has 0 spiro atoms. The number of rotatable bonds is 1. The van der Waals surface area contributed by atoms with Gasteiger partial charge in [-0.05, 0) is 68.2 Å². The zero-order valence-electron chi connectivity index (χ0n) is 14.4. The fraction of sp³-hybridized carbons (Fsp3) is 0. The quantitative estimate of drug-likeness (QED) is 0.406. The third-order valence-electron chi connectivity index (χ3n) is 5.08. The van der Waals surface area contributed by atoms with Crippen LogP contribution >= 0.6 is 0 Å². The van der Waals surface area contributed by atoms with Crippen molar-refractivity contribution in [3.05, 3.63) is 90.1 Å². The molecule has 0 fully saturated rings. The summed E-state index contributed by atoms with van der Waals surface area (Å²) in [5.41, 5.74) is 6.82. The van der Waals surface area contributed by atoms with Crippen molar-refractivity contribution in [2.24, 2.45) is 5.73 Å². The Labute approximate surface area is 155 Å². The monoisotopic (exact) mass is 349 g/mol. The van der Waals surface area contributed by atoms with Crippen molar-refractivity contribution in [3.63, 3.8) is 0 Å². The average molecular weight is 349 g/mol. The summed E-state index contributed by atoms with van der Waals surface area (Å²) in [6.45, 7) is 0. The summed E-state index contributed by atoms with van der Waals surface area (Å²) in [5.74, 6) is -0.563. The molecule has 0 aromatic heterocycles. The van der Waals surface area contributed by atoms with Crippen LogP contribution in [0.4, 0.5) is 0 Å². The Hall–Kier alpha value is -3.72. The summed E-state index contributed by atoms with van der Waals surface area (Å²) in [4.78, 5) is 24.5. The van der Waals surface area contributed by atoms with Gasteiger partial charge < -0.3 is 5.73 Å². The molecule has 3 heteroatoms. The van der Waals surface area contributed by atoms with Gasteiger partial charge in [-0.25, -0.2) is 0 Å². The fourth-order valence-corrected chi connectivity index (χ4v) is 3.78. The first-order valence-electron chi connectivity index (χ1n) is 8.73. The third kappa shape index (κ3) is 2.44. The van der Waals surface area contributed by atoms with Gasteiger partial charge in [-0.2, -0.15) is 0 Å². The van der Waals surface area contributed by atoms with Crippen LogP contribution < -0.4 is 5.73 Å². The number of carbonyl (C=O) groups is 2. The van der Waals surface area contributed by atoms with Crippen molar-refractivity contribution < 1.29 is 9.59 Å². The number of benzene rings is 4. The highest BCUT2D eigenvalue weighted by atomic mass is 16.1. The van der Waals surface area contributed by atoms with E-state index in [2.05, 4.69) is 36.4 Å². The number of ketones is 2. The Balaban J connectivity index is 1.81. The van der Waals surface area contributed by atoms with Gasteiger partial charge in [0.2, 0.25) is 5.78 Å². The van der Waals surface area contributed by atoms with E-state index >= 15 is 0 Å². The molecule has 0 atom stereocenters. The van der Waals surface area contributed by atoms with E-state index in [1.165, 1.54) is 17.5 Å². The van der Waals surface area contributed by atoms with Gasteiger partial charge in [0.25, 0.3) is 0 Å².